The molecule has 0 aliphatic heterocycles. The summed E-state index contributed by atoms with van der Waals surface area (Å²) in [6, 6.07) is 6.22. The molecule has 0 saturated heterocycles. The summed E-state index contributed by atoms with van der Waals surface area (Å²) in [6.45, 7) is 6.67. The van der Waals surface area contributed by atoms with E-state index >= 15 is 0 Å². The molecular weight excluding hydrogens is 200 g/mol. The van der Waals surface area contributed by atoms with Crippen molar-refractivity contribution in [2.75, 3.05) is 13.2 Å². The minimum Gasteiger partial charge on any atom is -0.494 e. The van der Waals surface area contributed by atoms with Gasteiger partial charge in [0.1, 0.15) is 5.75 Å². The van der Waals surface area contributed by atoms with Crippen molar-refractivity contribution in [3.8, 4) is 5.75 Å². The molecule has 0 spiro atoms. The second-order valence-electron chi connectivity index (χ2n) is 4.38. The van der Waals surface area contributed by atoms with Gasteiger partial charge in [-0.15, -0.1) is 0 Å². The Morgan fingerprint density at radius 1 is 1.50 bits per heavy atom. The van der Waals surface area contributed by atoms with Gasteiger partial charge in [-0.05, 0) is 49.8 Å². The van der Waals surface area contributed by atoms with Crippen molar-refractivity contribution >= 4 is 0 Å². The van der Waals surface area contributed by atoms with E-state index in [1.165, 1.54) is 18.4 Å². The molecule has 2 heteroatoms. The van der Waals surface area contributed by atoms with Gasteiger partial charge in [-0.2, -0.15) is 0 Å². The Hall–Kier alpha value is -1.02. The van der Waals surface area contributed by atoms with Crippen LogP contribution < -0.4 is 4.74 Å². The smallest absolute Gasteiger partial charge is 0.123 e. The first kappa shape index (κ1) is 11.5. The van der Waals surface area contributed by atoms with Gasteiger partial charge in [0.15, 0.2) is 0 Å². The van der Waals surface area contributed by atoms with Crippen LogP contribution in [0.15, 0.2) is 18.2 Å². The summed E-state index contributed by atoms with van der Waals surface area (Å²) in [5.41, 5.74) is 2.37. The summed E-state index contributed by atoms with van der Waals surface area (Å²) in [5, 5.41) is 9.10. The second-order valence-corrected chi connectivity index (χ2v) is 4.38. The number of hydrogen-bond donors (Lipinski definition) is 1. The molecule has 1 N–H and O–H groups in total. The van der Waals surface area contributed by atoms with Crippen LogP contribution in [0.2, 0.25) is 0 Å². The summed E-state index contributed by atoms with van der Waals surface area (Å²) in [6.07, 6.45) is 2.54. The molecule has 16 heavy (non-hydrogen) atoms. The first-order valence-corrected chi connectivity index (χ1v) is 5.96. The van der Waals surface area contributed by atoms with Crippen molar-refractivity contribution in [2.45, 2.75) is 31.6 Å². The minimum atomic E-state index is -0.0625. The third-order valence-electron chi connectivity index (χ3n) is 3.05. The van der Waals surface area contributed by atoms with Crippen molar-refractivity contribution in [1.82, 2.24) is 0 Å². The van der Waals surface area contributed by atoms with Crippen LogP contribution in [0.5, 0.6) is 5.75 Å². The normalized spacial score (nSPS) is 17.2. The molecule has 1 atom stereocenters. The molecule has 87 valence electrons. The van der Waals surface area contributed by atoms with Gasteiger partial charge in [0, 0.05) is 12.5 Å². The number of rotatable bonds is 5. The van der Waals surface area contributed by atoms with E-state index in [0.717, 1.165) is 11.3 Å². The van der Waals surface area contributed by atoms with Crippen molar-refractivity contribution in [1.29, 1.82) is 0 Å². The number of aliphatic hydroxyl groups excluding tert-OH is 1. The van der Waals surface area contributed by atoms with Crippen LogP contribution in [0, 0.1) is 6.92 Å². The number of ether oxygens (including phenoxy) is 1. The highest BCUT2D eigenvalue weighted by Gasteiger charge is 2.27. The molecule has 1 aromatic rings. The van der Waals surface area contributed by atoms with E-state index in [1.807, 2.05) is 13.0 Å². The van der Waals surface area contributed by atoms with Crippen LogP contribution in [-0.4, -0.2) is 18.3 Å². The van der Waals surface area contributed by atoms with Crippen molar-refractivity contribution in [3.05, 3.63) is 36.2 Å². The third-order valence-corrected chi connectivity index (χ3v) is 3.05. The molecule has 2 rings (SSSR count). The fraction of sp³-hybridized carbons (Fsp3) is 0.500. The van der Waals surface area contributed by atoms with Gasteiger partial charge >= 0.3 is 0 Å². The maximum atomic E-state index is 9.10. The quantitative estimate of drug-likeness (QED) is 0.825. The topological polar surface area (TPSA) is 29.5 Å². The standard InChI is InChI=1S/C14H19O2/c1-3-16-14-8-12(10(2)9-15)6-7-13(14)11-4-5-11/h6-8,10-11,15H,2-5,9H2,1H3. The summed E-state index contributed by atoms with van der Waals surface area (Å²) in [7, 11) is 0. The molecule has 0 bridgehead atoms. The minimum absolute atomic E-state index is 0.0625. The molecule has 0 aromatic heterocycles. The molecule has 1 unspecified atom stereocenters. The molecule has 0 amide bonds. The predicted octanol–water partition coefficient (Wildman–Crippen LogP) is 2.87. The highest BCUT2D eigenvalue weighted by atomic mass is 16.5. The largest absolute Gasteiger partial charge is 0.494 e. The number of hydrogen-bond acceptors (Lipinski definition) is 2. The number of benzene rings is 1. The van der Waals surface area contributed by atoms with E-state index in [0.29, 0.717) is 12.5 Å². The Kier molecular flexibility index (Phi) is 3.49. The Bertz CT molecular complexity index is 356. The summed E-state index contributed by atoms with van der Waals surface area (Å²) in [4.78, 5) is 0. The van der Waals surface area contributed by atoms with E-state index in [9.17, 15) is 0 Å². The van der Waals surface area contributed by atoms with Crippen LogP contribution in [0.4, 0.5) is 0 Å². The lowest BCUT2D eigenvalue weighted by Gasteiger charge is -2.14. The fourth-order valence-electron chi connectivity index (χ4n) is 1.92. The zero-order valence-electron chi connectivity index (χ0n) is 9.78. The summed E-state index contributed by atoms with van der Waals surface area (Å²) >= 11 is 0. The monoisotopic (exact) mass is 219 g/mol. The Morgan fingerprint density at radius 2 is 2.25 bits per heavy atom. The van der Waals surface area contributed by atoms with E-state index in [-0.39, 0.29) is 12.5 Å². The van der Waals surface area contributed by atoms with Gasteiger partial charge in [-0.3, -0.25) is 0 Å². The lowest BCUT2D eigenvalue weighted by Crippen LogP contribution is -2.02. The zero-order valence-corrected chi connectivity index (χ0v) is 9.78. The van der Waals surface area contributed by atoms with E-state index < -0.39 is 0 Å². The van der Waals surface area contributed by atoms with Gasteiger partial charge in [-0.1, -0.05) is 12.1 Å². The first-order valence-electron chi connectivity index (χ1n) is 5.96. The lowest BCUT2D eigenvalue weighted by atomic mass is 9.98. The van der Waals surface area contributed by atoms with Gasteiger partial charge in [0.25, 0.3) is 0 Å². The third kappa shape index (κ3) is 2.38. The van der Waals surface area contributed by atoms with E-state index in [4.69, 9.17) is 9.84 Å². The average Bonchev–Trinajstić information content (AvgIpc) is 3.12. The molecule has 1 aliphatic rings. The van der Waals surface area contributed by atoms with Gasteiger partial charge in [-0.25, -0.2) is 0 Å². The Morgan fingerprint density at radius 3 is 2.81 bits per heavy atom. The first-order chi connectivity index (χ1) is 7.76. The van der Waals surface area contributed by atoms with E-state index in [1.54, 1.807) is 0 Å². The maximum absolute atomic E-state index is 9.10. The number of aliphatic hydroxyl groups is 1. The van der Waals surface area contributed by atoms with E-state index in [2.05, 4.69) is 19.1 Å². The average molecular weight is 219 g/mol. The Labute approximate surface area is 97.3 Å². The van der Waals surface area contributed by atoms with Crippen molar-refractivity contribution in [3.63, 3.8) is 0 Å². The Balaban J connectivity index is 2.27. The molecule has 1 aromatic carbocycles. The molecule has 2 nitrogen and oxygen atoms in total. The molecule has 1 radical (unpaired) electrons. The highest BCUT2D eigenvalue weighted by Crippen LogP contribution is 2.44. The maximum Gasteiger partial charge on any atom is 0.123 e. The van der Waals surface area contributed by atoms with Crippen LogP contribution >= 0.6 is 0 Å². The van der Waals surface area contributed by atoms with Gasteiger partial charge in [0.05, 0.1) is 6.61 Å². The van der Waals surface area contributed by atoms with Crippen LogP contribution in [0.1, 0.15) is 42.7 Å². The van der Waals surface area contributed by atoms with Crippen molar-refractivity contribution < 1.29 is 9.84 Å². The van der Waals surface area contributed by atoms with Gasteiger partial charge in [0.2, 0.25) is 0 Å². The molecule has 1 saturated carbocycles. The van der Waals surface area contributed by atoms with Crippen LogP contribution in [-0.2, 0) is 0 Å². The second kappa shape index (κ2) is 4.88. The summed E-state index contributed by atoms with van der Waals surface area (Å²) in [5.74, 6) is 1.60. The highest BCUT2D eigenvalue weighted by molar-refractivity contribution is 5.43. The molecule has 0 heterocycles. The van der Waals surface area contributed by atoms with Crippen LogP contribution in [0.3, 0.4) is 0 Å². The predicted molar refractivity (Wildman–Crippen MR) is 64.8 cm³/mol. The SMILES string of the molecule is [CH2]C(CO)c1ccc(C2CC2)c(OCC)c1. The lowest BCUT2D eigenvalue weighted by molar-refractivity contribution is 0.282. The molecule has 1 fully saturated rings. The molecular formula is C14H19O2. The van der Waals surface area contributed by atoms with Crippen molar-refractivity contribution in [2.24, 2.45) is 0 Å². The fourth-order valence-corrected chi connectivity index (χ4v) is 1.92. The summed E-state index contributed by atoms with van der Waals surface area (Å²) < 4.78 is 5.66. The van der Waals surface area contributed by atoms with Gasteiger partial charge < -0.3 is 9.84 Å². The molecule has 1 aliphatic carbocycles. The van der Waals surface area contributed by atoms with Crippen LogP contribution in [0.25, 0.3) is 0 Å². The zero-order chi connectivity index (χ0) is 11.5.